The van der Waals surface area contributed by atoms with Crippen LogP contribution in [0.1, 0.15) is 35.9 Å². The van der Waals surface area contributed by atoms with Crippen molar-refractivity contribution in [3.05, 3.63) is 65.2 Å². The molecule has 1 heterocycles. The number of carbonyl (C=O) groups is 2. The van der Waals surface area contributed by atoms with Crippen molar-refractivity contribution in [2.75, 3.05) is 0 Å². The Bertz CT molecular complexity index is 859. The highest BCUT2D eigenvalue weighted by Gasteiger charge is 2.21. The number of carboxylic acid groups (broad SMARTS) is 1. The van der Waals surface area contributed by atoms with E-state index >= 15 is 0 Å². The van der Waals surface area contributed by atoms with E-state index in [2.05, 4.69) is 16.4 Å². The summed E-state index contributed by atoms with van der Waals surface area (Å²) in [6.45, 7) is 0. The Morgan fingerprint density at radius 1 is 1.04 bits per heavy atom. The van der Waals surface area contributed by atoms with E-state index in [4.69, 9.17) is 0 Å². The van der Waals surface area contributed by atoms with E-state index < -0.39 is 12.0 Å². The smallest absolute Gasteiger partial charge is 0.330 e. The molecular formula is C20H20N2O3S. The normalized spacial score (nSPS) is 12.0. The average molecular weight is 368 g/mol. The number of amides is 1. The topological polar surface area (TPSA) is 79.3 Å². The standard InChI is InChI=1S/C20H20N2O3S/c23-17(22-19(20(24)25)14-8-2-1-3-9-14)12-6-7-13-18-21-15-10-4-5-11-16(15)26-18/h1-5,8-11,19H,6-7,12-13H2,(H,22,23)(H,24,25). The van der Waals surface area contributed by atoms with Gasteiger partial charge in [-0.15, -0.1) is 11.3 Å². The van der Waals surface area contributed by atoms with Crippen LogP contribution in [0.5, 0.6) is 0 Å². The van der Waals surface area contributed by atoms with Crippen LogP contribution in [-0.4, -0.2) is 22.0 Å². The molecule has 0 saturated heterocycles. The van der Waals surface area contributed by atoms with Crippen LogP contribution in [0.25, 0.3) is 10.2 Å². The number of para-hydroxylation sites is 1. The Morgan fingerprint density at radius 2 is 1.77 bits per heavy atom. The fraction of sp³-hybridized carbons (Fsp3) is 0.250. The number of nitrogens with zero attached hydrogens (tertiary/aromatic N) is 1. The van der Waals surface area contributed by atoms with Gasteiger partial charge in [-0.25, -0.2) is 9.78 Å². The molecule has 0 fully saturated rings. The van der Waals surface area contributed by atoms with Crippen LogP contribution in [0.15, 0.2) is 54.6 Å². The van der Waals surface area contributed by atoms with Crippen molar-refractivity contribution in [3.8, 4) is 0 Å². The molecule has 1 unspecified atom stereocenters. The maximum absolute atomic E-state index is 12.1. The minimum atomic E-state index is -1.06. The van der Waals surface area contributed by atoms with E-state index in [0.29, 0.717) is 18.4 Å². The number of nitrogens with one attached hydrogen (secondary N) is 1. The molecule has 26 heavy (non-hydrogen) atoms. The van der Waals surface area contributed by atoms with Crippen LogP contribution in [-0.2, 0) is 16.0 Å². The highest BCUT2D eigenvalue weighted by Crippen LogP contribution is 2.23. The molecular weight excluding hydrogens is 348 g/mol. The van der Waals surface area contributed by atoms with Gasteiger partial charge < -0.3 is 10.4 Å². The van der Waals surface area contributed by atoms with Gasteiger partial charge in [-0.05, 0) is 37.0 Å². The van der Waals surface area contributed by atoms with E-state index in [-0.39, 0.29) is 5.91 Å². The van der Waals surface area contributed by atoms with Crippen molar-refractivity contribution in [1.82, 2.24) is 10.3 Å². The molecule has 0 aliphatic carbocycles. The Morgan fingerprint density at radius 3 is 2.50 bits per heavy atom. The molecule has 3 rings (SSSR count). The summed E-state index contributed by atoms with van der Waals surface area (Å²) in [5, 5.41) is 13.0. The molecule has 0 spiro atoms. The van der Waals surface area contributed by atoms with Gasteiger partial charge in [0.25, 0.3) is 0 Å². The van der Waals surface area contributed by atoms with Crippen molar-refractivity contribution in [1.29, 1.82) is 0 Å². The van der Waals surface area contributed by atoms with Gasteiger partial charge in [0.1, 0.15) is 0 Å². The summed E-state index contributed by atoms with van der Waals surface area (Å²) in [6, 6.07) is 15.8. The number of unbranched alkanes of at least 4 members (excludes halogenated alkanes) is 1. The predicted octanol–water partition coefficient (Wildman–Crippen LogP) is 3.95. The number of rotatable bonds is 8. The second kappa shape index (κ2) is 8.58. The Labute approximate surface area is 155 Å². The van der Waals surface area contributed by atoms with Gasteiger partial charge in [0.05, 0.1) is 15.2 Å². The molecule has 134 valence electrons. The monoisotopic (exact) mass is 368 g/mol. The first-order valence-corrected chi connectivity index (χ1v) is 9.36. The zero-order valence-corrected chi connectivity index (χ0v) is 15.0. The average Bonchev–Trinajstić information content (AvgIpc) is 3.06. The summed E-state index contributed by atoms with van der Waals surface area (Å²) in [6.07, 6.45) is 2.67. The molecule has 0 aliphatic rings. The second-order valence-electron chi connectivity index (χ2n) is 6.03. The molecule has 0 radical (unpaired) electrons. The van der Waals surface area contributed by atoms with Crippen LogP contribution in [0.3, 0.4) is 0 Å². The second-order valence-corrected chi connectivity index (χ2v) is 7.15. The number of benzene rings is 2. The summed E-state index contributed by atoms with van der Waals surface area (Å²) < 4.78 is 1.17. The molecule has 2 aromatic carbocycles. The Hall–Kier alpha value is -2.73. The molecule has 1 aromatic heterocycles. The van der Waals surface area contributed by atoms with Crippen LogP contribution >= 0.6 is 11.3 Å². The number of thiazole rings is 1. The molecule has 3 aromatic rings. The Balaban J connectivity index is 1.46. The highest BCUT2D eigenvalue weighted by molar-refractivity contribution is 7.18. The summed E-state index contributed by atoms with van der Waals surface area (Å²) in [4.78, 5) is 28.1. The first-order valence-electron chi connectivity index (χ1n) is 8.55. The van der Waals surface area contributed by atoms with Gasteiger partial charge in [0.2, 0.25) is 5.91 Å². The molecule has 6 heteroatoms. The van der Waals surface area contributed by atoms with Crippen LogP contribution in [0.4, 0.5) is 0 Å². The zero-order valence-electron chi connectivity index (χ0n) is 14.2. The van der Waals surface area contributed by atoms with E-state index in [9.17, 15) is 14.7 Å². The molecule has 0 aliphatic heterocycles. The van der Waals surface area contributed by atoms with Gasteiger partial charge in [0, 0.05) is 6.42 Å². The third-order valence-electron chi connectivity index (χ3n) is 4.07. The number of fused-ring (bicyclic) bond motifs is 1. The van der Waals surface area contributed by atoms with Gasteiger partial charge in [-0.1, -0.05) is 42.5 Å². The number of carboxylic acids is 1. The number of aromatic nitrogens is 1. The maximum Gasteiger partial charge on any atom is 0.330 e. The lowest BCUT2D eigenvalue weighted by Gasteiger charge is -2.14. The molecule has 0 bridgehead atoms. The van der Waals surface area contributed by atoms with Gasteiger partial charge in [0.15, 0.2) is 6.04 Å². The fourth-order valence-corrected chi connectivity index (χ4v) is 3.76. The minimum Gasteiger partial charge on any atom is -0.479 e. The molecule has 2 N–H and O–H groups in total. The predicted molar refractivity (Wildman–Crippen MR) is 102 cm³/mol. The van der Waals surface area contributed by atoms with E-state index in [1.165, 1.54) is 4.70 Å². The van der Waals surface area contributed by atoms with E-state index in [1.807, 2.05) is 24.3 Å². The molecule has 0 saturated carbocycles. The lowest BCUT2D eigenvalue weighted by Crippen LogP contribution is -2.33. The molecule has 1 amide bonds. The number of hydrogen-bond acceptors (Lipinski definition) is 4. The van der Waals surface area contributed by atoms with Gasteiger partial charge in [-0.2, -0.15) is 0 Å². The van der Waals surface area contributed by atoms with Crippen LogP contribution in [0.2, 0.25) is 0 Å². The first kappa shape index (κ1) is 18.1. The summed E-state index contributed by atoms with van der Waals surface area (Å²) in [5.41, 5.74) is 1.58. The summed E-state index contributed by atoms with van der Waals surface area (Å²) in [7, 11) is 0. The van der Waals surface area contributed by atoms with Gasteiger partial charge in [-0.3, -0.25) is 4.79 Å². The third-order valence-corrected chi connectivity index (χ3v) is 5.16. The lowest BCUT2D eigenvalue weighted by molar-refractivity contribution is -0.142. The molecule has 1 atom stereocenters. The fourth-order valence-electron chi connectivity index (χ4n) is 2.75. The number of aryl methyl sites for hydroxylation is 1. The molecule has 5 nitrogen and oxygen atoms in total. The third kappa shape index (κ3) is 4.67. The van der Waals surface area contributed by atoms with Gasteiger partial charge >= 0.3 is 5.97 Å². The highest BCUT2D eigenvalue weighted by atomic mass is 32.1. The van der Waals surface area contributed by atoms with Crippen LogP contribution < -0.4 is 5.32 Å². The van der Waals surface area contributed by atoms with Crippen LogP contribution in [0, 0.1) is 0 Å². The van der Waals surface area contributed by atoms with Crippen molar-refractivity contribution in [2.45, 2.75) is 31.7 Å². The van der Waals surface area contributed by atoms with Crippen molar-refractivity contribution < 1.29 is 14.7 Å². The maximum atomic E-state index is 12.1. The largest absolute Gasteiger partial charge is 0.479 e. The number of hydrogen-bond donors (Lipinski definition) is 2. The minimum absolute atomic E-state index is 0.245. The SMILES string of the molecule is O=C(CCCCc1nc2ccccc2s1)NC(C(=O)O)c1ccccc1. The zero-order chi connectivity index (χ0) is 18.4. The van der Waals surface area contributed by atoms with Crippen molar-refractivity contribution >= 4 is 33.4 Å². The Kier molecular flexibility index (Phi) is 5.96. The lowest BCUT2D eigenvalue weighted by atomic mass is 10.1. The van der Waals surface area contributed by atoms with Crippen molar-refractivity contribution in [3.63, 3.8) is 0 Å². The van der Waals surface area contributed by atoms with E-state index in [1.54, 1.807) is 35.6 Å². The summed E-state index contributed by atoms with van der Waals surface area (Å²) in [5.74, 6) is -1.30. The van der Waals surface area contributed by atoms with E-state index in [0.717, 1.165) is 23.4 Å². The number of carbonyl (C=O) groups excluding carboxylic acids is 1. The van der Waals surface area contributed by atoms with Crippen molar-refractivity contribution in [2.24, 2.45) is 0 Å². The summed E-state index contributed by atoms with van der Waals surface area (Å²) >= 11 is 1.68. The number of aliphatic carboxylic acids is 1. The first-order chi connectivity index (χ1) is 12.6. The quantitative estimate of drug-likeness (QED) is 0.590.